The summed E-state index contributed by atoms with van der Waals surface area (Å²) in [5, 5.41) is 2.83. The molecular formula is C9H20N2O2S. The van der Waals surface area contributed by atoms with E-state index in [9.17, 15) is 8.42 Å². The monoisotopic (exact) mass is 220 g/mol. The molecule has 0 spiro atoms. The minimum Gasteiger partial charge on any atom is -0.319 e. The molecule has 4 nitrogen and oxygen atoms in total. The third kappa shape index (κ3) is 3.55. The van der Waals surface area contributed by atoms with Gasteiger partial charge in [-0.1, -0.05) is 13.3 Å². The average Bonchev–Trinajstić information content (AvgIpc) is 2.09. The molecule has 84 valence electrons. The van der Waals surface area contributed by atoms with E-state index in [0.717, 1.165) is 12.8 Å². The van der Waals surface area contributed by atoms with Crippen molar-refractivity contribution >= 4 is 10.0 Å². The second-order valence-electron chi connectivity index (χ2n) is 4.41. The molecule has 0 aromatic rings. The van der Waals surface area contributed by atoms with Gasteiger partial charge in [0.25, 0.3) is 0 Å². The van der Waals surface area contributed by atoms with E-state index in [1.165, 1.54) is 6.42 Å². The number of hydrogen-bond donors (Lipinski definition) is 2. The predicted octanol–water partition coefficient (Wildman–Crippen LogP) is 0.315. The van der Waals surface area contributed by atoms with Gasteiger partial charge >= 0.3 is 0 Å². The molecule has 14 heavy (non-hydrogen) atoms. The standard InChI is InChI=1S/C9H20N2O2S/c1-9(4-3-5-9)8-11-14(12,13)7-6-10-2/h10-11H,3-8H2,1-2H3. The quantitative estimate of drug-likeness (QED) is 0.677. The fraction of sp³-hybridized carbons (Fsp3) is 1.00. The molecule has 0 aliphatic heterocycles. The van der Waals surface area contributed by atoms with Gasteiger partial charge in [0.2, 0.25) is 10.0 Å². The van der Waals surface area contributed by atoms with Crippen LogP contribution in [0.25, 0.3) is 0 Å². The first-order valence-electron chi connectivity index (χ1n) is 5.09. The minimum atomic E-state index is -3.07. The van der Waals surface area contributed by atoms with E-state index in [4.69, 9.17) is 0 Å². The largest absolute Gasteiger partial charge is 0.319 e. The van der Waals surface area contributed by atoms with Crippen LogP contribution in [0.5, 0.6) is 0 Å². The molecule has 0 saturated heterocycles. The Hall–Kier alpha value is -0.130. The van der Waals surface area contributed by atoms with Crippen LogP contribution in [0.15, 0.2) is 0 Å². The highest BCUT2D eigenvalue weighted by Gasteiger charge is 2.32. The Morgan fingerprint density at radius 3 is 2.43 bits per heavy atom. The molecule has 2 N–H and O–H groups in total. The van der Waals surface area contributed by atoms with Crippen LogP contribution in [0, 0.1) is 5.41 Å². The maximum atomic E-state index is 11.4. The van der Waals surface area contributed by atoms with Crippen LogP contribution in [0.2, 0.25) is 0 Å². The van der Waals surface area contributed by atoms with Gasteiger partial charge in [-0.05, 0) is 25.3 Å². The average molecular weight is 220 g/mol. The molecule has 1 rings (SSSR count). The van der Waals surface area contributed by atoms with Crippen molar-refractivity contribution < 1.29 is 8.42 Å². The van der Waals surface area contributed by atoms with Crippen molar-refractivity contribution in [2.75, 3.05) is 25.9 Å². The lowest BCUT2D eigenvalue weighted by Gasteiger charge is -2.38. The van der Waals surface area contributed by atoms with Gasteiger partial charge in [0, 0.05) is 13.1 Å². The lowest BCUT2D eigenvalue weighted by Crippen LogP contribution is -2.41. The van der Waals surface area contributed by atoms with Crippen LogP contribution in [0.4, 0.5) is 0 Å². The Balaban J connectivity index is 2.28. The zero-order valence-corrected chi connectivity index (χ0v) is 9.78. The zero-order chi connectivity index (χ0) is 10.7. The predicted molar refractivity (Wildman–Crippen MR) is 57.7 cm³/mol. The van der Waals surface area contributed by atoms with E-state index in [2.05, 4.69) is 17.0 Å². The first-order valence-corrected chi connectivity index (χ1v) is 6.75. The van der Waals surface area contributed by atoms with E-state index in [0.29, 0.717) is 13.1 Å². The first kappa shape index (κ1) is 11.9. The van der Waals surface area contributed by atoms with Gasteiger partial charge in [-0.15, -0.1) is 0 Å². The van der Waals surface area contributed by atoms with Crippen molar-refractivity contribution in [2.45, 2.75) is 26.2 Å². The second-order valence-corrected chi connectivity index (χ2v) is 6.33. The molecule has 1 fully saturated rings. The fourth-order valence-electron chi connectivity index (χ4n) is 1.55. The van der Waals surface area contributed by atoms with Gasteiger partial charge in [-0.3, -0.25) is 0 Å². The van der Waals surface area contributed by atoms with Gasteiger partial charge in [0.15, 0.2) is 0 Å². The van der Waals surface area contributed by atoms with Crippen LogP contribution in [0.1, 0.15) is 26.2 Å². The SMILES string of the molecule is CNCCS(=O)(=O)NCC1(C)CCC1. The van der Waals surface area contributed by atoms with Crippen LogP contribution >= 0.6 is 0 Å². The normalized spacial score (nSPS) is 20.4. The van der Waals surface area contributed by atoms with Crippen LogP contribution < -0.4 is 10.0 Å². The van der Waals surface area contributed by atoms with E-state index in [1.54, 1.807) is 7.05 Å². The molecule has 1 saturated carbocycles. The molecule has 5 heteroatoms. The van der Waals surface area contributed by atoms with Gasteiger partial charge in [0.05, 0.1) is 5.75 Å². The highest BCUT2D eigenvalue weighted by atomic mass is 32.2. The van der Waals surface area contributed by atoms with Gasteiger partial charge < -0.3 is 5.32 Å². The third-order valence-electron chi connectivity index (χ3n) is 2.90. The van der Waals surface area contributed by atoms with Crippen molar-refractivity contribution in [3.63, 3.8) is 0 Å². The third-order valence-corrected chi connectivity index (χ3v) is 4.23. The summed E-state index contributed by atoms with van der Waals surface area (Å²) < 4.78 is 25.5. The van der Waals surface area contributed by atoms with Crippen molar-refractivity contribution in [3.05, 3.63) is 0 Å². The minimum absolute atomic E-state index is 0.166. The molecule has 0 aromatic carbocycles. The Morgan fingerprint density at radius 2 is 2.00 bits per heavy atom. The van der Waals surface area contributed by atoms with Crippen molar-refractivity contribution in [3.8, 4) is 0 Å². The molecule has 0 heterocycles. The number of nitrogens with one attached hydrogen (secondary N) is 2. The van der Waals surface area contributed by atoms with Gasteiger partial charge in [-0.2, -0.15) is 0 Å². The fourth-order valence-corrected chi connectivity index (χ4v) is 2.74. The summed E-state index contributed by atoms with van der Waals surface area (Å²) in [7, 11) is -1.31. The summed E-state index contributed by atoms with van der Waals surface area (Å²) in [5.41, 5.74) is 0.215. The summed E-state index contributed by atoms with van der Waals surface area (Å²) in [6, 6.07) is 0. The summed E-state index contributed by atoms with van der Waals surface area (Å²) in [5.74, 6) is 0.166. The van der Waals surface area contributed by atoms with E-state index in [-0.39, 0.29) is 11.2 Å². The Kier molecular flexibility index (Phi) is 3.92. The van der Waals surface area contributed by atoms with E-state index in [1.807, 2.05) is 0 Å². The van der Waals surface area contributed by atoms with Crippen molar-refractivity contribution in [1.29, 1.82) is 0 Å². The summed E-state index contributed by atoms with van der Waals surface area (Å²) in [6.45, 7) is 3.24. The molecule has 0 bridgehead atoms. The lowest BCUT2D eigenvalue weighted by atomic mass is 9.71. The van der Waals surface area contributed by atoms with Gasteiger partial charge in [-0.25, -0.2) is 13.1 Å². The highest BCUT2D eigenvalue weighted by molar-refractivity contribution is 7.89. The van der Waals surface area contributed by atoms with Crippen LogP contribution in [0.3, 0.4) is 0 Å². The summed E-state index contributed by atoms with van der Waals surface area (Å²) in [4.78, 5) is 0. The summed E-state index contributed by atoms with van der Waals surface area (Å²) >= 11 is 0. The van der Waals surface area contributed by atoms with Crippen molar-refractivity contribution in [1.82, 2.24) is 10.0 Å². The van der Waals surface area contributed by atoms with E-state index < -0.39 is 10.0 Å². The smallest absolute Gasteiger partial charge is 0.212 e. The molecule has 1 aliphatic rings. The Bertz CT molecular complexity index is 271. The molecule has 0 aromatic heterocycles. The molecule has 0 atom stereocenters. The Morgan fingerprint density at radius 1 is 1.36 bits per heavy atom. The van der Waals surface area contributed by atoms with E-state index >= 15 is 0 Å². The maximum absolute atomic E-state index is 11.4. The van der Waals surface area contributed by atoms with Gasteiger partial charge in [0.1, 0.15) is 0 Å². The number of hydrogen-bond acceptors (Lipinski definition) is 3. The van der Waals surface area contributed by atoms with Crippen molar-refractivity contribution in [2.24, 2.45) is 5.41 Å². The molecule has 0 radical (unpaired) electrons. The van der Waals surface area contributed by atoms with Crippen LogP contribution in [-0.2, 0) is 10.0 Å². The second kappa shape index (κ2) is 4.59. The molecule has 0 unspecified atom stereocenters. The number of sulfonamides is 1. The topological polar surface area (TPSA) is 58.2 Å². The summed E-state index contributed by atoms with van der Waals surface area (Å²) in [6.07, 6.45) is 3.51. The Labute approximate surface area is 86.5 Å². The molecule has 1 aliphatic carbocycles. The molecular weight excluding hydrogens is 200 g/mol. The number of rotatable bonds is 6. The maximum Gasteiger partial charge on any atom is 0.212 e. The lowest BCUT2D eigenvalue weighted by molar-refractivity contribution is 0.166. The zero-order valence-electron chi connectivity index (χ0n) is 8.97. The highest BCUT2D eigenvalue weighted by Crippen LogP contribution is 2.39. The first-order chi connectivity index (χ1) is 6.47. The van der Waals surface area contributed by atoms with Crippen LogP contribution in [-0.4, -0.2) is 34.3 Å². The molecule has 0 amide bonds.